The fraction of sp³-hybridized carbons (Fsp3) is 0.692. The number of hydrogen-bond acceptors (Lipinski definition) is 3. The summed E-state index contributed by atoms with van der Waals surface area (Å²) in [4.78, 5) is 7.68. The molecule has 0 aliphatic heterocycles. The van der Waals surface area contributed by atoms with E-state index < -0.39 is 11.9 Å². The van der Waals surface area contributed by atoms with Crippen LogP contribution in [0.2, 0.25) is 0 Å². The largest absolute Gasteiger partial charge is 0.434 e. The molecular formula is C13H20F3IN4S. The molecular weight excluding hydrogens is 428 g/mol. The molecule has 0 radical (unpaired) electrons. The molecule has 126 valence electrons. The summed E-state index contributed by atoms with van der Waals surface area (Å²) >= 11 is 0.999. The zero-order valence-electron chi connectivity index (χ0n) is 12.2. The Morgan fingerprint density at radius 1 is 1.36 bits per heavy atom. The fourth-order valence-corrected chi connectivity index (χ4v) is 3.06. The Bertz CT molecular complexity index is 484. The van der Waals surface area contributed by atoms with Crippen LogP contribution < -0.4 is 10.6 Å². The molecule has 0 saturated heterocycles. The van der Waals surface area contributed by atoms with Gasteiger partial charge in [0.15, 0.2) is 11.7 Å². The number of alkyl halides is 3. The van der Waals surface area contributed by atoms with Crippen molar-refractivity contribution >= 4 is 41.3 Å². The summed E-state index contributed by atoms with van der Waals surface area (Å²) in [5.41, 5.74) is -0.834. The van der Waals surface area contributed by atoms with E-state index in [9.17, 15) is 13.2 Å². The van der Waals surface area contributed by atoms with Gasteiger partial charge < -0.3 is 10.6 Å². The van der Waals surface area contributed by atoms with Gasteiger partial charge >= 0.3 is 6.18 Å². The van der Waals surface area contributed by atoms with Crippen molar-refractivity contribution in [1.82, 2.24) is 15.6 Å². The van der Waals surface area contributed by atoms with Crippen molar-refractivity contribution in [2.24, 2.45) is 4.99 Å². The Morgan fingerprint density at radius 3 is 2.59 bits per heavy atom. The maximum absolute atomic E-state index is 12.5. The quantitative estimate of drug-likeness (QED) is 0.421. The van der Waals surface area contributed by atoms with E-state index in [0.717, 1.165) is 29.6 Å². The summed E-state index contributed by atoms with van der Waals surface area (Å²) in [5.74, 6) is 0.616. The number of aromatic nitrogens is 1. The van der Waals surface area contributed by atoms with Crippen LogP contribution >= 0.6 is 35.3 Å². The number of hydrogen-bond donors (Lipinski definition) is 2. The smallest absolute Gasteiger partial charge is 0.354 e. The lowest BCUT2D eigenvalue weighted by Gasteiger charge is -2.24. The number of halogens is 4. The number of aliphatic imine (C=N–C) groups is 1. The lowest BCUT2D eigenvalue weighted by molar-refractivity contribution is -0.140. The number of guanidine groups is 1. The molecule has 1 aromatic heterocycles. The third kappa shape index (κ3) is 5.90. The molecule has 0 amide bonds. The minimum absolute atomic E-state index is 0. The maximum atomic E-state index is 12.5. The summed E-state index contributed by atoms with van der Waals surface area (Å²) in [7, 11) is 1.65. The van der Waals surface area contributed by atoms with Gasteiger partial charge in [-0.3, -0.25) is 4.99 Å². The Morgan fingerprint density at radius 2 is 2.05 bits per heavy atom. The highest BCUT2D eigenvalue weighted by molar-refractivity contribution is 14.0. The van der Waals surface area contributed by atoms with E-state index in [4.69, 9.17) is 0 Å². The van der Waals surface area contributed by atoms with Gasteiger partial charge in [-0.25, -0.2) is 4.98 Å². The molecule has 1 aromatic rings. The van der Waals surface area contributed by atoms with Crippen LogP contribution in [0.1, 0.15) is 42.8 Å². The zero-order valence-corrected chi connectivity index (χ0v) is 15.4. The molecule has 4 nitrogen and oxygen atoms in total. The highest BCUT2D eigenvalue weighted by Gasteiger charge is 2.33. The fourth-order valence-electron chi connectivity index (χ4n) is 2.32. The highest BCUT2D eigenvalue weighted by Crippen LogP contribution is 2.29. The van der Waals surface area contributed by atoms with Crippen molar-refractivity contribution < 1.29 is 13.2 Å². The van der Waals surface area contributed by atoms with Crippen LogP contribution in [0, 0.1) is 0 Å². The molecule has 0 unspecified atom stereocenters. The monoisotopic (exact) mass is 448 g/mol. The van der Waals surface area contributed by atoms with Crippen molar-refractivity contribution in [2.75, 3.05) is 7.05 Å². The van der Waals surface area contributed by atoms with Gasteiger partial charge in [0, 0.05) is 18.5 Å². The van der Waals surface area contributed by atoms with E-state index in [2.05, 4.69) is 20.6 Å². The summed E-state index contributed by atoms with van der Waals surface area (Å²) < 4.78 is 37.4. The van der Waals surface area contributed by atoms with E-state index in [-0.39, 0.29) is 30.5 Å². The molecule has 9 heteroatoms. The maximum Gasteiger partial charge on any atom is 0.434 e. The Hall–Kier alpha value is -0.580. The number of nitrogens with one attached hydrogen (secondary N) is 2. The van der Waals surface area contributed by atoms with Gasteiger partial charge in [-0.15, -0.1) is 35.3 Å². The average molecular weight is 448 g/mol. The molecule has 0 spiro atoms. The molecule has 22 heavy (non-hydrogen) atoms. The normalized spacial score (nSPS) is 17.0. The summed E-state index contributed by atoms with van der Waals surface area (Å²) in [5, 5.41) is 7.76. The number of nitrogens with zero attached hydrogens (tertiary/aromatic N) is 2. The van der Waals surface area contributed by atoms with Crippen molar-refractivity contribution in [1.29, 1.82) is 0 Å². The lowest BCUT2D eigenvalue weighted by atomic mass is 9.96. The van der Waals surface area contributed by atoms with E-state index in [0.29, 0.717) is 17.0 Å². The van der Waals surface area contributed by atoms with Crippen molar-refractivity contribution in [3.63, 3.8) is 0 Å². The molecule has 0 atom stereocenters. The first-order valence-corrected chi connectivity index (χ1v) is 7.86. The van der Waals surface area contributed by atoms with Crippen LogP contribution in [0.3, 0.4) is 0 Å². The van der Waals surface area contributed by atoms with Gasteiger partial charge in [-0.05, 0) is 12.8 Å². The summed E-state index contributed by atoms with van der Waals surface area (Å²) in [6, 6.07) is 0.395. The van der Waals surface area contributed by atoms with Crippen molar-refractivity contribution in [3.8, 4) is 0 Å². The Kier molecular flexibility index (Phi) is 7.87. The molecule has 2 N–H and O–H groups in total. The number of thiazole rings is 1. The molecule has 2 rings (SSSR count). The minimum Gasteiger partial charge on any atom is -0.354 e. The van der Waals surface area contributed by atoms with Gasteiger partial charge in [0.1, 0.15) is 5.01 Å². The molecule has 1 aliphatic rings. The van der Waals surface area contributed by atoms with Crippen LogP contribution in [-0.2, 0) is 12.7 Å². The standard InChI is InChI=1S/C13H19F3N4S.HI/c1-17-12(19-9-5-3-2-4-6-9)18-7-11-20-10(8-21-11)13(14,15)16;/h8-9H,2-7H2,1H3,(H2,17,18,19);1H. The first-order valence-electron chi connectivity index (χ1n) is 6.98. The predicted molar refractivity (Wildman–Crippen MR) is 92.7 cm³/mol. The van der Waals surface area contributed by atoms with Gasteiger partial charge in [0.2, 0.25) is 0 Å². The minimum atomic E-state index is -4.38. The van der Waals surface area contributed by atoms with Crippen LogP contribution in [0.15, 0.2) is 10.4 Å². The molecule has 1 fully saturated rings. The first-order chi connectivity index (χ1) is 9.99. The van der Waals surface area contributed by atoms with Crippen LogP contribution in [0.5, 0.6) is 0 Å². The highest BCUT2D eigenvalue weighted by atomic mass is 127. The first kappa shape index (κ1) is 19.5. The van der Waals surface area contributed by atoms with E-state index in [1.165, 1.54) is 19.3 Å². The van der Waals surface area contributed by atoms with Crippen molar-refractivity contribution in [3.05, 3.63) is 16.1 Å². The topological polar surface area (TPSA) is 49.3 Å². The second kappa shape index (κ2) is 8.90. The second-order valence-corrected chi connectivity index (χ2v) is 5.97. The predicted octanol–water partition coefficient (Wildman–Crippen LogP) is 3.78. The van der Waals surface area contributed by atoms with E-state index in [1.54, 1.807) is 7.05 Å². The Labute approximate surface area is 149 Å². The SMILES string of the molecule is CN=C(NCc1nc(C(F)(F)F)cs1)NC1CCCCC1.I. The zero-order chi connectivity index (χ0) is 15.3. The third-order valence-electron chi connectivity index (χ3n) is 3.42. The van der Waals surface area contributed by atoms with Gasteiger partial charge in [0.25, 0.3) is 0 Å². The van der Waals surface area contributed by atoms with Gasteiger partial charge in [-0.2, -0.15) is 13.2 Å². The molecule has 0 aromatic carbocycles. The van der Waals surface area contributed by atoms with Crippen LogP contribution in [0.25, 0.3) is 0 Å². The molecule has 0 bridgehead atoms. The summed E-state index contributed by atoms with van der Waals surface area (Å²) in [6.45, 7) is 0.243. The number of rotatable bonds is 3. The third-order valence-corrected chi connectivity index (χ3v) is 4.27. The van der Waals surface area contributed by atoms with Crippen LogP contribution in [0.4, 0.5) is 13.2 Å². The molecule has 1 aliphatic carbocycles. The molecule has 1 heterocycles. The van der Waals surface area contributed by atoms with Crippen molar-refractivity contribution in [2.45, 2.75) is 50.9 Å². The van der Waals surface area contributed by atoms with Gasteiger partial charge in [-0.1, -0.05) is 19.3 Å². The lowest BCUT2D eigenvalue weighted by Crippen LogP contribution is -2.43. The molecule has 1 saturated carbocycles. The summed E-state index contributed by atoms with van der Waals surface area (Å²) in [6.07, 6.45) is 1.51. The van der Waals surface area contributed by atoms with E-state index in [1.807, 2.05) is 0 Å². The van der Waals surface area contributed by atoms with E-state index >= 15 is 0 Å². The van der Waals surface area contributed by atoms with Gasteiger partial charge in [0.05, 0.1) is 6.54 Å². The second-order valence-electron chi connectivity index (χ2n) is 5.03. The Balaban J connectivity index is 0.00000242. The average Bonchev–Trinajstić information content (AvgIpc) is 2.93. The van der Waals surface area contributed by atoms with Crippen LogP contribution in [-0.4, -0.2) is 24.0 Å².